The molecule has 2 saturated heterocycles. The molecule has 1 spiro atoms. The maximum absolute atomic E-state index is 13.1. The minimum absolute atomic E-state index is 0. The molecule has 30 heavy (non-hydrogen) atoms. The van der Waals surface area contributed by atoms with Crippen molar-refractivity contribution in [3.8, 4) is 0 Å². The minimum Gasteiger partial charge on any atom is -0.354 e. The number of likely N-dealkylation sites (tertiary alicyclic amines) is 1. The standard InChI is InChI=1S/C19H34N4O4S2.ClH/c1-3-13(2)16(20)18(26)23-12-19(28-9-10-29-19)11-14(23)17(25)21-8-6-4-5-7-15(24)22-27;/h13-14,16,27H,3-12,20H2,1-2H3,(H,21,25)(H,22,24);1H/t13-,14-,16-;/m0./s1. The molecular formula is C19H35ClN4O4S2. The van der Waals surface area contributed by atoms with Crippen LogP contribution in [-0.2, 0) is 14.4 Å². The summed E-state index contributed by atoms with van der Waals surface area (Å²) in [5, 5.41) is 11.4. The number of nitrogens with two attached hydrogens (primary N) is 1. The number of unbranched alkanes of at least 4 members (excludes halogenated alkanes) is 2. The molecule has 2 aliphatic heterocycles. The first-order valence-electron chi connectivity index (χ1n) is 10.4. The van der Waals surface area contributed by atoms with Gasteiger partial charge < -0.3 is 16.0 Å². The van der Waals surface area contributed by atoms with Gasteiger partial charge in [-0.05, 0) is 18.8 Å². The number of nitrogens with zero attached hydrogens (tertiary/aromatic N) is 1. The summed E-state index contributed by atoms with van der Waals surface area (Å²) in [7, 11) is 0. The minimum atomic E-state index is -0.584. The Balaban J connectivity index is 0.00000450. The smallest absolute Gasteiger partial charge is 0.243 e. The Labute approximate surface area is 193 Å². The van der Waals surface area contributed by atoms with Gasteiger partial charge in [0.1, 0.15) is 6.04 Å². The Morgan fingerprint density at radius 2 is 1.90 bits per heavy atom. The van der Waals surface area contributed by atoms with E-state index in [0.717, 1.165) is 30.8 Å². The maximum Gasteiger partial charge on any atom is 0.243 e. The van der Waals surface area contributed by atoms with Gasteiger partial charge >= 0.3 is 0 Å². The van der Waals surface area contributed by atoms with Crippen LogP contribution in [0.25, 0.3) is 0 Å². The first kappa shape index (κ1) is 27.4. The van der Waals surface area contributed by atoms with E-state index in [1.54, 1.807) is 10.4 Å². The second-order valence-electron chi connectivity index (χ2n) is 7.84. The molecule has 0 unspecified atom stereocenters. The van der Waals surface area contributed by atoms with Crippen molar-refractivity contribution in [3.63, 3.8) is 0 Å². The average Bonchev–Trinajstić information content (AvgIpc) is 3.35. The quantitative estimate of drug-likeness (QED) is 0.212. The normalized spacial score (nSPS) is 21.7. The molecular weight excluding hydrogens is 448 g/mol. The molecule has 174 valence electrons. The largest absolute Gasteiger partial charge is 0.354 e. The SMILES string of the molecule is CC[C@H](C)[C@H](N)C(=O)N1CC2(C[C@H]1C(=O)NCCCCCC(=O)NO)SCCS2.Cl. The lowest BCUT2D eigenvalue weighted by Crippen LogP contribution is -2.53. The monoisotopic (exact) mass is 482 g/mol. The van der Waals surface area contributed by atoms with Gasteiger partial charge in [0.15, 0.2) is 0 Å². The summed E-state index contributed by atoms with van der Waals surface area (Å²) in [4.78, 5) is 38.6. The zero-order valence-corrected chi connectivity index (χ0v) is 20.2. The molecule has 2 heterocycles. The predicted molar refractivity (Wildman–Crippen MR) is 124 cm³/mol. The van der Waals surface area contributed by atoms with Crippen LogP contribution in [0.1, 0.15) is 52.4 Å². The summed E-state index contributed by atoms with van der Waals surface area (Å²) >= 11 is 3.70. The number of amides is 3. The van der Waals surface area contributed by atoms with Gasteiger partial charge in [-0.25, -0.2) is 5.48 Å². The maximum atomic E-state index is 13.1. The van der Waals surface area contributed by atoms with Crippen LogP contribution in [-0.4, -0.2) is 68.6 Å². The Kier molecular flexibility index (Phi) is 11.9. The van der Waals surface area contributed by atoms with Crippen molar-refractivity contribution in [3.05, 3.63) is 0 Å². The molecule has 0 radical (unpaired) electrons. The molecule has 0 aromatic heterocycles. The van der Waals surface area contributed by atoms with Crippen molar-refractivity contribution >= 4 is 53.7 Å². The third-order valence-electron chi connectivity index (χ3n) is 5.74. The highest BCUT2D eigenvalue weighted by Gasteiger charge is 2.51. The Morgan fingerprint density at radius 1 is 1.23 bits per heavy atom. The van der Waals surface area contributed by atoms with Gasteiger partial charge in [-0.1, -0.05) is 26.7 Å². The van der Waals surface area contributed by atoms with Gasteiger partial charge in [0.05, 0.1) is 10.1 Å². The van der Waals surface area contributed by atoms with E-state index < -0.39 is 18.0 Å². The number of hydroxylamine groups is 1. The summed E-state index contributed by atoms with van der Waals surface area (Å²) in [5.41, 5.74) is 7.82. The highest BCUT2D eigenvalue weighted by Crippen LogP contribution is 2.51. The molecule has 3 atom stereocenters. The van der Waals surface area contributed by atoms with Crippen LogP contribution in [0.4, 0.5) is 0 Å². The number of halogens is 1. The van der Waals surface area contributed by atoms with E-state index in [9.17, 15) is 14.4 Å². The lowest BCUT2D eigenvalue weighted by molar-refractivity contribution is -0.140. The molecule has 0 aromatic rings. The summed E-state index contributed by atoms with van der Waals surface area (Å²) < 4.78 is -0.0928. The van der Waals surface area contributed by atoms with Crippen LogP contribution in [0.3, 0.4) is 0 Å². The van der Waals surface area contributed by atoms with Gasteiger partial charge in [0.25, 0.3) is 0 Å². The Morgan fingerprint density at radius 3 is 2.50 bits per heavy atom. The summed E-state index contributed by atoms with van der Waals surface area (Å²) in [6, 6.07) is -1.06. The van der Waals surface area contributed by atoms with Gasteiger partial charge in [-0.2, -0.15) is 0 Å². The highest BCUT2D eigenvalue weighted by molar-refractivity contribution is 8.21. The van der Waals surface area contributed by atoms with Crippen LogP contribution < -0.4 is 16.5 Å². The Hall–Kier alpha value is -0.680. The molecule has 11 heteroatoms. The first-order valence-corrected chi connectivity index (χ1v) is 12.3. The number of rotatable bonds is 10. The fourth-order valence-corrected chi connectivity index (χ4v) is 6.93. The molecule has 2 aliphatic rings. The number of nitrogens with one attached hydrogen (secondary N) is 2. The number of carbonyl (C=O) groups excluding carboxylic acids is 3. The van der Waals surface area contributed by atoms with Gasteiger partial charge in [0, 0.05) is 37.4 Å². The molecule has 0 aromatic carbocycles. The highest BCUT2D eigenvalue weighted by atomic mass is 35.5. The van der Waals surface area contributed by atoms with E-state index in [-0.39, 0.29) is 40.6 Å². The Bertz CT molecular complexity index is 593. The van der Waals surface area contributed by atoms with E-state index in [2.05, 4.69) is 5.32 Å². The van der Waals surface area contributed by atoms with E-state index >= 15 is 0 Å². The topological polar surface area (TPSA) is 125 Å². The van der Waals surface area contributed by atoms with Crippen molar-refractivity contribution in [1.29, 1.82) is 0 Å². The van der Waals surface area contributed by atoms with Gasteiger partial charge in [-0.15, -0.1) is 35.9 Å². The van der Waals surface area contributed by atoms with Gasteiger partial charge in [-0.3, -0.25) is 19.6 Å². The van der Waals surface area contributed by atoms with E-state index in [1.807, 2.05) is 37.4 Å². The summed E-state index contributed by atoms with van der Waals surface area (Å²) in [6.45, 7) is 5.06. The second-order valence-corrected chi connectivity index (χ2v) is 11.1. The van der Waals surface area contributed by atoms with Crippen molar-refractivity contribution in [2.75, 3.05) is 24.6 Å². The molecule has 0 saturated carbocycles. The lowest BCUT2D eigenvalue weighted by Gasteiger charge is -2.29. The average molecular weight is 483 g/mol. The van der Waals surface area contributed by atoms with Crippen molar-refractivity contribution in [2.45, 2.75) is 68.5 Å². The number of carbonyl (C=O) groups is 3. The fourth-order valence-electron chi connectivity index (χ4n) is 3.67. The molecule has 8 nitrogen and oxygen atoms in total. The van der Waals surface area contributed by atoms with E-state index in [0.29, 0.717) is 25.9 Å². The molecule has 3 amide bonds. The van der Waals surface area contributed by atoms with Crippen molar-refractivity contribution in [2.24, 2.45) is 11.7 Å². The third-order valence-corrected chi connectivity index (χ3v) is 9.16. The van der Waals surface area contributed by atoms with Crippen molar-refractivity contribution < 1.29 is 19.6 Å². The number of thioether (sulfide) groups is 2. The van der Waals surface area contributed by atoms with Gasteiger partial charge in [0.2, 0.25) is 17.7 Å². The molecule has 2 rings (SSSR count). The third kappa shape index (κ3) is 7.19. The summed E-state index contributed by atoms with van der Waals surface area (Å²) in [6.07, 6.45) is 3.91. The number of hydrogen-bond acceptors (Lipinski definition) is 7. The lowest BCUT2D eigenvalue weighted by atomic mass is 9.98. The number of hydrogen-bond donors (Lipinski definition) is 4. The predicted octanol–water partition coefficient (Wildman–Crippen LogP) is 1.74. The van der Waals surface area contributed by atoms with E-state index in [1.165, 1.54) is 0 Å². The van der Waals surface area contributed by atoms with Crippen LogP contribution in [0.2, 0.25) is 0 Å². The molecule has 0 aliphatic carbocycles. The molecule has 0 bridgehead atoms. The fraction of sp³-hybridized carbons (Fsp3) is 0.842. The van der Waals surface area contributed by atoms with Crippen LogP contribution in [0, 0.1) is 5.92 Å². The van der Waals surface area contributed by atoms with E-state index in [4.69, 9.17) is 10.9 Å². The van der Waals surface area contributed by atoms with Crippen molar-refractivity contribution in [1.82, 2.24) is 15.7 Å². The van der Waals surface area contributed by atoms with Crippen LogP contribution in [0.15, 0.2) is 0 Å². The van der Waals surface area contributed by atoms with Crippen LogP contribution >= 0.6 is 35.9 Å². The second kappa shape index (κ2) is 13.0. The first-order chi connectivity index (χ1) is 13.8. The zero-order valence-electron chi connectivity index (χ0n) is 17.7. The molecule has 5 N–H and O–H groups in total. The summed E-state index contributed by atoms with van der Waals surface area (Å²) in [5.74, 6) is 1.51. The zero-order chi connectivity index (χ0) is 21.4. The van der Waals surface area contributed by atoms with Crippen LogP contribution in [0.5, 0.6) is 0 Å². The molecule has 2 fully saturated rings.